The summed E-state index contributed by atoms with van der Waals surface area (Å²) in [6.45, 7) is -1.22. The van der Waals surface area contributed by atoms with Gasteiger partial charge in [-0.15, -0.1) is 0 Å². The van der Waals surface area contributed by atoms with Crippen LogP contribution in [0.15, 0.2) is 0 Å². The van der Waals surface area contributed by atoms with E-state index in [1.165, 1.54) is 0 Å². The van der Waals surface area contributed by atoms with E-state index >= 15 is 0 Å². The number of amides is 1. The lowest BCUT2D eigenvalue weighted by Crippen LogP contribution is -2.68. The smallest absolute Gasteiger partial charge is 0.217 e. The SMILES string of the molecule is CC(=O)N[C@H]1[C@@H](O[C@H]2[C@@H](O[C@@H]3[C@@H](O)[C@@H](O)[C@@H](CO)O[C@@H]3O)O[C@H](CO)[C@@H](O)[C@@H]2O)O[C@H](CO)[C@@H](O)[C@@H]1O. The van der Waals surface area contributed by atoms with Gasteiger partial charge in [0.1, 0.15) is 73.2 Å². The first-order valence-electron chi connectivity index (χ1n) is 11.6. The van der Waals surface area contributed by atoms with Crippen LogP contribution < -0.4 is 5.32 Å². The quantitative estimate of drug-likeness (QED) is 0.135. The first-order chi connectivity index (χ1) is 17.4. The monoisotopic (exact) mass is 545 g/mol. The molecule has 3 rings (SSSR count). The van der Waals surface area contributed by atoms with Crippen molar-refractivity contribution in [1.82, 2.24) is 5.32 Å². The number of carbonyl (C=O) groups excluding carboxylic acids is 1. The zero-order valence-corrected chi connectivity index (χ0v) is 19.7. The maximum Gasteiger partial charge on any atom is 0.217 e. The molecule has 0 bridgehead atoms. The van der Waals surface area contributed by atoms with Gasteiger partial charge in [0.05, 0.1) is 19.8 Å². The van der Waals surface area contributed by atoms with Crippen LogP contribution in [-0.4, -0.2) is 169 Å². The number of aliphatic hydroxyl groups excluding tert-OH is 10. The van der Waals surface area contributed by atoms with Gasteiger partial charge >= 0.3 is 0 Å². The minimum absolute atomic E-state index is 0.664. The number of ether oxygens (including phenoxy) is 5. The Labute approximate surface area is 210 Å². The van der Waals surface area contributed by atoms with Gasteiger partial charge < -0.3 is 80.1 Å². The predicted octanol–water partition coefficient (Wildman–Crippen LogP) is -7.43. The average molecular weight is 545 g/mol. The molecule has 1 amide bonds. The van der Waals surface area contributed by atoms with Crippen molar-refractivity contribution in [3.8, 4) is 0 Å². The third-order valence-corrected chi connectivity index (χ3v) is 6.50. The summed E-state index contributed by atoms with van der Waals surface area (Å²) in [5.41, 5.74) is 0. The summed E-state index contributed by atoms with van der Waals surface area (Å²) in [7, 11) is 0. The third kappa shape index (κ3) is 6.38. The van der Waals surface area contributed by atoms with E-state index in [0.29, 0.717) is 0 Å². The van der Waals surface area contributed by atoms with Crippen LogP contribution in [0.1, 0.15) is 6.92 Å². The molecular formula is C20H35NO16. The van der Waals surface area contributed by atoms with Crippen LogP contribution in [0.5, 0.6) is 0 Å². The summed E-state index contributed by atoms with van der Waals surface area (Å²) in [4.78, 5) is 11.7. The fourth-order valence-electron chi connectivity index (χ4n) is 4.43. The van der Waals surface area contributed by atoms with Gasteiger partial charge in [0.25, 0.3) is 0 Å². The van der Waals surface area contributed by atoms with Crippen molar-refractivity contribution in [3.63, 3.8) is 0 Å². The molecule has 216 valence electrons. The van der Waals surface area contributed by atoms with Crippen molar-refractivity contribution in [2.75, 3.05) is 19.8 Å². The first kappa shape index (κ1) is 30.4. The highest BCUT2D eigenvalue weighted by molar-refractivity contribution is 5.73. The molecule has 15 atom stereocenters. The van der Waals surface area contributed by atoms with Gasteiger partial charge in [-0.2, -0.15) is 0 Å². The summed E-state index contributed by atoms with van der Waals surface area (Å²) in [5, 5.41) is 103. The van der Waals surface area contributed by atoms with Gasteiger partial charge in [-0.25, -0.2) is 0 Å². The lowest BCUT2D eigenvalue weighted by Gasteiger charge is -2.48. The van der Waals surface area contributed by atoms with Crippen molar-refractivity contribution in [2.45, 2.75) is 99.0 Å². The summed E-state index contributed by atoms with van der Waals surface area (Å²) in [6, 6.07) is -1.45. The van der Waals surface area contributed by atoms with E-state index in [0.717, 1.165) is 6.92 Å². The number of rotatable bonds is 8. The Bertz CT molecular complexity index is 747. The molecule has 0 radical (unpaired) electrons. The third-order valence-electron chi connectivity index (χ3n) is 6.50. The second kappa shape index (κ2) is 12.8. The number of hydrogen-bond donors (Lipinski definition) is 11. The Morgan fingerprint density at radius 2 is 1.08 bits per heavy atom. The molecule has 3 aliphatic heterocycles. The van der Waals surface area contributed by atoms with Gasteiger partial charge in [-0.1, -0.05) is 0 Å². The van der Waals surface area contributed by atoms with Crippen LogP contribution in [-0.2, 0) is 28.5 Å². The van der Waals surface area contributed by atoms with Crippen molar-refractivity contribution in [1.29, 1.82) is 0 Å². The van der Waals surface area contributed by atoms with Crippen molar-refractivity contribution >= 4 is 5.91 Å². The van der Waals surface area contributed by atoms with Crippen LogP contribution in [0, 0.1) is 0 Å². The largest absolute Gasteiger partial charge is 0.394 e. The van der Waals surface area contributed by atoms with Crippen molar-refractivity contribution < 1.29 is 79.5 Å². The predicted molar refractivity (Wildman–Crippen MR) is 113 cm³/mol. The molecule has 0 unspecified atom stereocenters. The molecule has 0 spiro atoms. The lowest BCUT2D eigenvalue weighted by molar-refractivity contribution is -0.385. The Morgan fingerprint density at radius 1 is 0.649 bits per heavy atom. The summed E-state index contributed by atoms with van der Waals surface area (Å²) in [5.74, 6) is -0.664. The molecule has 11 N–H and O–H groups in total. The van der Waals surface area contributed by atoms with Gasteiger partial charge in [0.2, 0.25) is 5.91 Å². The van der Waals surface area contributed by atoms with Gasteiger partial charge in [0.15, 0.2) is 18.9 Å². The number of hydrogen-bond acceptors (Lipinski definition) is 16. The molecule has 3 saturated heterocycles. The maximum absolute atomic E-state index is 11.7. The molecule has 0 aromatic rings. The van der Waals surface area contributed by atoms with E-state index in [-0.39, 0.29) is 0 Å². The molecule has 0 aromatic heterocycles. The highest BCUT2D eigenvalue weighted by Crippen LogP contribution is 2.32. The fraction of sp³-hybridized carbons (Fsp3) is 0.950. The molecule has 0 aromatic carbocycles. The highest BCUT2D eigenvalue weighted by atomic mass is 16.8. The Balaban J connectivity index is 1.88. The summed E-state index contributed by atoms with van der Waals surface area (Å²) >= 11 is 0. The van der Waals surface area contributed by atoms with Crippen LogP contribution in [0.3, 0.4) is 0 Å². The fourth-order valence-corrected chi connectivity index (χ4v) is 4.43. The van der Waals surface area contributed by atoms with E-state index in [1.807, 2.05) is 0 Å². The zero-order chi connectivity index (χ0) is 27.6. The molecule has 0 saturated carbocycles. The molecule has 3 heterocycles. The van der Waals surface area contributed by atoms with Gasteiger partial charge in [-0.05, 0) is 0 Å². The molecular weight excluding hydrogens is 510 g/mol. The highest BCUT2D eigenvalue weighted by Gasteiger charge is 2.54. The summed E-state index contributed by atoms with van der Waals surface area (Å²) in [6.07, 6.45) is -23.6. The second-order valence-electron chi connectivity index (χ2n) is 9.07. The molecule has 17 heteroatoms. The van der Waals surface area contributed by atoms with Crippen LogP contribution >= 0.6 is 0 Å². The Hall–Kier alpha value is -1.13. The van der Waals surface area contributed by atoms with Crippen LogP contribution in [0.25, 0.3) is 0 Å². The van der Waals surface area contributed by atoms with E-state index in [4.69, 9.17) is 23.7 Å². The van der Waals surface area contributed by atoms with Crippen molar-refractivity contribution in [2.24, 2.45) is 0 Å². The van der Waals surface area contributed by atoms with E-state index in [9.17, 15) is 55.9 Å². The number of carbonyl (C=O) groups is 1. The standard InChI is InChI=1S/C20H35NO16/c1-5(25)21-9-13(29)10(26)7(3-23)34-19(9)37-17-15(31)12(28)8(4-24)35-20(17)36-16-14(30)11(27)6(2-22)33-18(16)32/h6-20,22-24,26-32H,2-4H2,1H3,(H,21,25)/t6-,7-,8-,9-,10-,11+,12-,13-,14+,15+,16-,17-,18+,19-,20-/m1/s1. The van der Waals surface area contributed by atoms with Gasteiger partial charge in [-0.3, -0.25) is 4.79 Å². The second-order valence-corrected chi connectivity index (χ2v) is 9.07. The van der Waals surface area contributed by atoms with Gasteiger partial charge in [0, 0.05) is 6.92 Å². The Kier molecular flexibility index (Phi) is 10.5. The topological polar surface area (TPSA) is 278 Å². The zero-order valence-electron chi connectivity index (χ0n) is 19.7. The van der Waals surface area contributed by atoms with E-state index in [1.54, 1.807) is 0 Å². The average Bonchev–Trinajstić information content (AvgIpc) is 2.86. The maximum atomic E-state index is 11.7. The normalized spacial score (nSPS) is 49.0. The van der Waals surface area contributed by atoms with Crippen LogP contribution in [0.2, 0.25) is 0 Å². The molecule has 3 fully saturated rings. The molecule has 0 aliphatic carbocycles. The lowest BCUT2D eigenvalue weighted by atomic mass is 9.95. The minimum Gasteiger partial charge on any atom is -0.394 e. The first-order valence-corrected chi connectivity index (χ1v) is 11.6. The molecule has 3 aliphatic rings. The van der Waals surface area contributed by atoms with E-state index < -0.39 is 118 Å². The van der Waals surface area contributed by atoms with E-state index in [2.05, 4.69) is 5.32 Å². The number of nitrogens with one attached hydrogen (secondary N) is 1. The number of aliphatic hydroxyl groups is 10. The van der Waals surface area contributed by atoms with Crippen molar-refractivity contribution in [3.05, 3.63) is 0 Å². The Morgan fingerprint density at radius 3 is 1.59 bits per heavy atom. The molecule has 37 heavy (non-hydrogen) atoms. The minimum atomic E-state index is -1.91. The summed E-state index contributed by atoms with van der Waals surface area (Å²) < 4.78 is 27.2. The van der Waals surface area contributed by atoms with Crippen LogP contribution in [0.4, 0.5) is 0 Å². The molecule has 17 nitrogen and oxygen atoms in total.